The maximum Gasteiger partial charge on any atom is 0.0807 e. The van der Waals surface area contributed by atoms with Crippen LogP contribution in [0.15, 0.2) is 0 Å². The van der Waals surface area contributed by atoms with E-state index in [2.05, 4.69) is 19.9 Å². The highest BCUT2D eigenvalue weighted by Gasteiger charge is 2.36. The van der Waals surface area contributed by atoms with Gasteiger partial charge in [-0.1, -0.05) is 52.4 Å². The Balaban J connectivity index is 1.67. The van der Waals surface area contributed by atoms with E-state index in [0.717, 1.165) is 24.7 Å². The highest BCUT2D eigenvalue weighted by Crippen LogP contribution is 2.41. The second kappa shape index (κ2) is 10.4. The van der Waals surface area contributed by atoms with Gasteiger partial charge < -0.3 is 4.74 Å². The van der Waals surface area contributed by atoms with Crippen molar-refractivity contribution in [2.24, 2.45) is 17.3 Å². The number of ether oxygens (including phenoxy) is 1. The first-order valence-electron chi connectivity index (χ1n) is 10.7. The number of nitriles is 1. The van der Waals surface area contributed by atoms with Crippen LogP contribution in [-0.2, 0) is 4.74 Å². The SMILES string of the molecule is CCCCC[C@H]1CC[C@H](OC[C@]2(C#N)CC[C@H](CCC)CC2)CC1. The summed E-state index contributed by atoms with van der Waals surface area (Å²) in [5.74, 6) is 1.79. The van der Waals surface area contributed by atoms with Crippen LogP contribution in [0.5, 0.6) is 0 Å². The van der Waals surface area contributed by atoms with Crippen molar-refractivity contribution in [1.82, 2.24) is 0 Å². The predicted octanol–water partition coefficient (Wildman–Crippen LogP) is 6.64. The molecule has 2 heteroatoms. The highest BCUT2D eigenvalue weighted by atomic mass is 16.5. The van der Waals surface area contributed by atoms with E-state index in [-0.39, 0.29) is 5.41 Å². The summed E-state index contributed by atoms with van der Waals surface area (Å²) in [4.78, 5) is 0. The van der Waals surface area contributed by atoms with Crippen molar-refractivity contribution in [3.05, 3.63) is 0 Å². The molecule has 2 fully saturated rings. The lowest BCUT2D eigenvalue weighted by atomic mass is 9.71. The lowest BCUT2D eigenvalue weighted by Gasteiger charge is -2.37. The molecule has 2 aliphatic carbocycles. The molecule has 0 radical (unpaired) electrons. The third kappa shape index (κ3) is 6.07. The summed E-state index contributed by atoms with van der Waals surface area (Å²) >= 11 is 0. The van der Waals surface area contributed by atoms with Gasteiger partial charge in [0.1, 0.15) is 0 Å². The Labute approximate surface area is 150 Å². The first-order chi connectivity index (χ1) is 11.7. The summed E-state index contributed by atoms with van der Waals surface area (Å²) in [5.41, 5.74) is -0.178. The van der Waals surface area contributed by atoms with E-state index in [9.17, 15) is 5.26 Å². The van der Waals surface area contributed by atoms with E-state index in [0.29, 0.717) is 12.7 Å². The van der Waals surface area contributed by atoms with Gasteiger partial charge in [-0.15, -0.1) is 0 Å². The molecular formula is C22H39NO. The van der Waals surface area contributed by atoms with E-state index in [4.69, 9.17) is 4.74 Å². The van der Waals surface area contributed by atoms with E-state index in [1.54, 1.807) is 0 Å². The molecule has 2 nitrogen and oxygen atoms in total. The van der Waals surface area contributed by atoms with Crippen molar-refractivity contribution in [2.75, 3.05) is 6.61 Å². The monoisotopic (exact) mass is 333 g/mol. The Morgan fingerprint density at radius 3 is 2.12 bits per heavy atom. The zero-order chi connectivity index (χ0) is 17.3. The van der Waals surface area contributed by atoms with Crippen molar-refractivity contribution in [3.63, 3.8) is 0 Å². The molecule has 138 valence electrons. The Kier molecular flexibility index (Phi) is 8.60. The van der Waals surface area contributed by atoms with Crippen LogP contribution in [0.1, 0.15) is 104 Å². The molecular weight excluding hydrogens is 294 g/mol. The molecule has 0 aromatic rings. The van der Waals surface area contributed by atoms with Crippen LogP contribution in [0.2, 0.25) is 0 Å². The minimum atomic E-state index is -0.178. The van der Waals surface area contributed by atoms with Crippen molar-refractivity contribution < 1.29 is 4.74 Å². The molecule has 0 aliphatic heterocycles. The third-order valence-electron chi connectivity index (χ3n) is 6.60. The second-order valence-electron chi connectivity index (χ2n) is 8.57. The summed E-state index contributed by atoms with van der Waals surface area (Å²) in [6.07, 6.45) is 18.3. The summed E-state index contributed by atoms with van der Waals surface area (Å²) in [7, 11) is 0. The van der Waals surface area contributed by atoms with E-state index in [1.165, 1.54) is 77.0 Å². The van der Waals surface area contributed by atoms with E-state index in [1.807, 2.05) is 0 Å². The zero-order valence-corrected chi connectivity index (χ0v) is 16.2. The van der Waals surface area contributed by atoms with Crippen LogP contribution in [0.4, 0.5) is 0 Å². The van der Waals surface area contributed by atoms with Crippen LogP contribution in [0.25, 0.3) is 0 Å². The third-order valence-corrected chi connectivity index (χ3v) is 6.60. The number of rotatable bonds is 9. The van der Waals surface area contributed by atoms with Gasteiger partial charge in [-0.2, -0.15) is 5.26 Å². The van der Waals surface area contributed by atoms with Gasteiger partial charge in [0.2, 0.25) is 0 Å². The molecule has 0 bridgehead atoms. The number of nitrogens with zero attached hydrogens (tertiary/aromatic N) is 1. The second-order valence-corrected chi connectivity index (χ2v) is 8.57. The molecule has 0 unspecified atom stereocenters. The van der Waals surface area contributed by atoms with Crippen molar-refractivity contribution in [3.8, 4) is 6.07 Å². The van der Waals surface area contributed by atoms with Gasteiger partial charge in [-0.3, -0.25) is 0 Å². The van der Waals surface area contributed by atoms with Crippen LogP contribution in [0, 0.1) is 28.6 Å². The molecule has 2 rings (SSSR count). The lowest BCUT2D eigenvalue weighted by Crippen LogP contribution is -2.33. The summed E-state index contributed by atoms with van der Waals surface area (Å²) < 4.78 is 6.26. The zero-order valence-electron chi connectivity index (χ0n) is 16.2. The molecule has 24 heavy (non-hydrogen) atoms. The number of unbranched alkanes of at least 4 members (excludes halogenated alkanes) is 2. The van der Waals surface area contributed by atoms with Gasteiger partial charge in [0.25, 0.3) is 0 Å². The van der Waals surface area contributed by atoms with Crippen molar-refractivity contribution in [2.45, 2.75) is 110 Å². The van der Waals surface area contributed by atoms with Crippen LogP contribution >= 0.6 is 0 Å². The molecule has 0 spiro atoms. The number of hydrogen-bond acceptors (Lipinski definition) is 2. The summed E-state index contributed by atoms with van der Waals surface area (Å²) in [5, 5.41) is 9.72. The molecule has 2 aliphatic rings. The van der Waals surface area contributed by atoms with Crippen molar-refractivity contribution >= 4 is 0 Å². The average Bonchev–Trinajstić information content (AvgIpc) is 2.63. The van der Waals surface area contributed by atoms with Crippen LogP contribution < -0.4 is 0 Å². The topological polar surface area (TPSA) is 33.0 Å². The first kappa shape index (κ1) is 19.8. The molecule has 0 aromatic carbocycles. The molecule has 0 heterocycles. The Morgan fingerprint density at radius 1 is 0.875 bits per heavy atom. The largest absolute Gasteiger partial charge is 0.377 e. The Bertz CT molecular complexity index is 370. The summed E-state index contributed by atoms with van der Waals surface area (Å²) in [6, 6.07) is 2.64. The smallest absolute Gasteiger partial charge is 0.0807 e. The van der Waals surface area contributed by atoms with Crippen LogP contribution in [-0.4, -0.2) is 12.7 Å². The standard InChI is InChI=1S/C22H39NO/c1-3-5-6-8-20-9-11-21(12-10-20)24-18-22(17-23)15-13-19(7-4-2)14-16-22/h19-21H,3-16,18H2,1-2H3/t19-,20-,21-,22+. The Morgan fingerprint density at radius 2 is 1.54 bits per heavy atom. The predicted molar refractivity (Wildman–Crippen MR) is 101 cm³/mol. The molecule has 2 saturated carbocycles. The fourth-order valence-electron chi connectivity index (χ4n) is 4.76. The first-order valence-corrected chi connectivity index (χ1v) is 10.7. The molecule has 0 N–H and O–H groups in total. The maximum atomic E-state index is 9.72. The van der Waals surface area contributed by atoms with Gasteiger partial charge >= 0.3 is 0 Å². The quantitative estimate of drug-likeness (QED) is 0.443. The molecule has 0 amide bonds. The van der Waals surface area contributed by atoms with Crippen LogP contribution in [0.3, 0.4) is 0 Å². The molecule has 0 aromatic heterocycles. The van der Waals surface area contributed by atoms with E-state index >= 15 is 0 Å². The normalized spacial score (nSPS) is 34.0. The fourth-order valence-corrected chi connectivity index (χ4v) is 4.76. The van der Waals surface area contributed by atoms with Gasteiger partial charge in [0.15, 0.2) is 0 Å². The summed E-state index contributed by atoms with van der Waals surface area (Å²) in [6.45, 7) is 5.24. The lowest BCUT2D eigenvalue weighted by molar-refractivity contribution is -0.0299. The molecule has 0 atom stereocenters. The highest BCUT2D eigenvalue weighted by molar-refractivity contribution is 5.02. The van der Waals surface area contributed by atoms with Gasteiger partial charge in [0.05, 0.1) is 24.2 Å². The van der Waals surface area contributed by atoms with Crippen molar-refractivity contribution in [1.29, 1.82) is 5.26 Å². The molecule has 0 saturated heterocycles. The maximum absolute atomic E-state index is 9.72. The number of hydrogen-bond donors (Lipinski definition) is 0. The minimum absolute atomic E-state index is 0.178. The van der Waals surface area contributed by atoms with Gasteiger partial charge in [-0.05, 0) is 63.2 Å². The van der Waals surface area contributed by atoms with Gasteiger partial charge in [-0.25, -0.2) is 0 Å². The average molecular weight is 334 g/mol. The Hall–Kier alpha value is -0.550. The van der Waals surface area contributed by atoms with E-state index < -0.39 is 0 Å². The fraction of sp³-hybridized carbons (Fsp3) is 0.955. The van der Waals surface area contributed by atoms with Gasteiger partial charge in [0, 0.05) is 0 Å². The minimum Gasteiger partial charge on any atom is -0.377 e.